The minimum absolute atomic E-state index is 0.0344. The minimum atomic E-state index is -0.105. The van der Waals surface area contributed by atoms with Crippen LogP contribution in [0.2, 0.25) is 0 Å². The molecule has 3 rings (SSSR count). The number of anilines is 1. The molecule has 1 atom stereocenters. The third-order valence-corrected chi connectivity index (χ3v) is 4.78. The van der Waals surface area contributed by atoms with Gasteiger partial charge in [0.25, 0.3) is 0 Å². The Morgan fingerprint density at radius 3 is 2.61 bits per heavy atom. The van der Waals surface area contributed by atoms with Crippen molar-refractivity contribution in [2.75, 3.05) is 44.2 Å². The van der Waals surface area contributed by atoms with Crippen LogP contribution in [0, 0.1) is 0 Å². The van der Waals surface area contributed by atoms with Gasteiger partial charge < -0.3 is 20.0 Å². The first kappa shape index (κ1) is 15.8. The zero-order valence-electron chi connectivity index (χ0n) is 13.6. The Hall–Kier alpha value is -2.08. The van der Waals surface area contributed by atoms with Gasteiger partial charge in [-0.25, -0.2) is 4.79 Å². The number of benzene rings is 1. The quantitative estimate of drug-likeness (QED) is 0.806. The Balaban J connectivity index is 1.53. The topological polar surface area (TPSA) is 57.1 Å². The van der Waals surface area contributed by atoms with Crippen LogP contribution >= 0.6 is 0 Å². The second-order valence-corrected chi connectivity index (χ2v) is 6.28. The van der Waals surface area contributed by atoms with Crippen molar-refractivity contribution in [2.45, 2.75) is 19.4 Å². The second-order valence-electron chi connectivity index (χ2n) is 6.28. The molecule has 6 nitrogen and oxygen atoms in total. The van der Waals surface area contributed by atoms with E-state index in [0.29, 0.717) is 13.0 Å². The van der Waals surface area contributed by atoms with E-state index in [2.05, 4.69) is 12.2 Å². The average Bonchev–Trinajstić information content (AvgIpc) is 2.96. The molecule has 0 saturated carbocycles. The lowest BCUT2D eigenvalue weighted by molar-refractivity contribution is -0.902. The van der Waals surface area contributed by atoms with Crippen LogP contribution in [0.5, 0.6) is 0 Å². The van der Waals surface area contributed by atoms with Gasteiger partial charge in [0.15, 0.2) is 0 Å². The molecule has 0 unspecified atom stereocenters. The number of nitrogens with zero attached hydrogens (tertiary/aromatic N) is 2. The summed E-state index contributed by atoms with van der Waals surface area (Å²) in [6.07, 6.45) is 0.376. The molecule has 6 heteroatoms. The highest BCUT2D eigenvalue weighted by molar-refractivity contribution is 5.96. The number of piperazine rings is 1. The van der Waals surface area contributed by atoms with Gasteiger partial charge in [-0.15, -0.1) is 0 Å². The summed E-state index contributed by atoms with van der Waals surface area (Å²) in [4.78, 5) is 29.7. The number of carbonyl (C=O) groups excluding carboxylic acids is 2. The van der Waals surface area contributed by atoms with Gasteiger partial charge in [0, 0.05) is 18.7 Å². The molecule has 0 bridgehead atoms. The van der Waals surface area contributed by atoms with E-state index < -0.39 is 0 Å². The van der Waals surface area contributed by atoms with E-state index in [1.54, 1.807) is 9.80 Å². The van der Waals surface area contributed by atoms with Crippen LogP contribution in [0.4, 0.5) is 10.5 Å². The first-order valence-corrected chi connectivity index (χ1v) is 8.41. The number of hydrogen-bond donors (Lipinski definition) is 2. The molecule has 1 aromatic carbocycles. The number of para-hydroxylation sites is 1. The Morgan fingerprint density at radius 2 is 1.96 bits per heavy atom. The summed E-state index contributed by atoms with van der Waals surface area (Å²) in [6, 6.07) is 9.48. The molecule has 3 amide bonds. The largest absolute Gasteiger partial charge is 0.333 e. The molecule has 2 aliphatic heterocycles. The molecule has 2 N–H and O–H groups in total. The standard InChI is InChI=1S/C17H24N4O2/c1-2-19-8-10-20(11-9-19)17(23)18-14-12-16(22)21(13-14)15-6-4-3-5-7-15/h3-7,14H,2,8-13H2,1H3,(H,18,23)/p+1/t14-/m1/s1. The first-order chi connectivity index (χ1) is 11.2. The van der Waals surface area contributed by atoms with Crippen molar-refractivity contribution in [3.8, 4) is 0 Å². The van der Waals surface area contributed by atoms with Crippen LogP contribution in [0.15, 0.2) is 30.3 Å². The number of rotatable bonds is 3. The van der Waals surface area contributed by atoms with E-state index in [1.807, 2.05) is 35.2 Å². The van der Waals surface area contributed by atoms with E-state index in [9.17, 15) is 9.59 Å². The molecule has 23 heavy (non-hydrogen) atoms. The number of likely N-dealkylation sites (N-methyl/N-ethyl adjacent to an activating group) is 1. The summed E-state index contributed by atoms with van der Waals surface area (Å²) in [7, 11) is 0. The molecule has 2 heterocycles. The smallest absolute Gasteiger partial charge is 0.318 e. The van der Waals surface area contributed by atoms with Gasteiger partial charge in [0.05, 0.1) is 38.8 Å². The number of quaternary nitrogens is 1. The highest BCUT2D eigenvalue weighted by Crippen LogP contribution is 2.21. The zero-order chi connectivity index (χ0) is 16.2. The molecule has 2 aliphatic rings. The van der Waals surface area contributed by atoms with Crippen molar-refractivity contribution in [3.63, 3.8) is 0 Å². The summed E-state index contributed by atoms with van der Waals surface area (Å²) in [6.45, 7) is 7.42. The molecule has 0 radical (unpaired) electrons. The Labute approximate surface area is 137 Å². The molecular formula is C17H25N4O2+. The van der Waals surface area contributed by atoms with Gasteiger partial charge in [0.2, 0.25) is 5.91 Å². The van der Waals surface area contributed by atoms with Crippen molar-refractivity contribution in [2.24, 2.45) is 0 Å². The van der Waals surface area contributed by atoms with Gasteiger partial charge in [0.1, 0.15) is 0 Å². The molecule has 0 spiro atoms. The SMILES string of the molecule is CC[NH+]1CCN(C(=O)N[C@@H]2CC(=O)N(c3ccccc3)C2)CC1. The highest BCUT2D eigenvalue weighted by Gasteiger charge is 2.33. The maximum atomic E-state index is 12.4. The fourth-order valence-electron chi connectivity index (χ4n) is 3.31. The Morgan fingerprint density at radius 1 is 1.26 bits per heavy atom. The Kier molecular flexibility index (Phi) is 4.81. The van der Waals surface area contributed by atoms with E-state index in [-0.39, 0.29) is 18.0 Å². The molecule has 0 aromatic heterocycles. The predicted octanol–water partition coefficient (Wildman–Crippen LogP) is -0.278. The number of urea groups is 1. The van der Waals surface area contributed by atoms with Crippen molar-refractivity contribution in [1.29, 1.82) is 0 Å². The first-order valence-electron chi connectivity index (χ1n) is 8.41. The number of amides is 3. The monoisotopic (exact) mass is 317 g/mol. The lowest BCUT2D eigenvalue weighted by Crippen LogP contribution is -3.14. The van der Waals surface area contributed by atoms with E-state index in [4.69, 9.17) is 0 Å². The van der Waals surface area contributed by atoms with Gasteiger partial charge in [-0.1, -0.05) is 18.2 Å². The normalized spacial score (nSPS) is 22.5. The van der Waals surface area contributed by atoms with Crippen LogP contribution in [0.3, 0.4) is 0 Å². The van der Waals surface area contributed by atoms with Gasteiger partial charge in [-0.3, -0.25) is 4.79 Å². The Bertz CT molecular complexity index is 555. The zero-order valence-corrected chi connectivity index (χ0v) is 13.6. The average molecular weight is 317 g/mol. The van der Waals surface area contributed by atoms with E-state index in [0.717, 1.165) is 38.4 Å². The van der Waals surface area contributed by atoms with E-state index >= 15 is 0 Å². The lowest BCUT2D eigenvalue weighted by Gasteiger charge is -2.32. The van der Waals surface area contributed by atoms with Crippen molar-refractivity contribution in [3.05, 3.63) is 30.3 Å². The van der Waals surface area contributed by atoms with Gasteiger partial charge in [-0.2, -0.15) is 0 Å². The van der Waals surface area contributed by atoms with Gasteiger partial charge in [-0.05, 0) is 19.1 Å². The predicted molar refractivity (Wildman–Crippen MR) is 88.5 cm³/mol. The summed E-state index contributed by atoms with van der Waals surface area (Å²) < 4.78 is 0. The maximum absolute atomic E-state index is 12.4. The summed E-state index contributed by atoms with van der Waals surface area (Å²) in [5, 5.41) is 3.03. The fraction of sp³-hybridized carbons (Fsp3) is 0.529. The van der Waals surface area contributed by atoms with Crippen molar-refractivity contribution >= 4 is 17.6 Å². The van der Waals surface area contributed by atoms with Crippen LogP contribution in [-0.2, 0) is 4.79 Å². The molecule has 2 fully saturated rings. The summed E-state index contributed by atoms with van der Waals surface area (Å²) in [5.41, 5.74) is 0.898. The summed E-state index contributed by atoms with van der Waals surface area (Å²) in [5.74, 6) is 0.0711. The molecule has 124 valence electrons. The van der Waals surface area contributed by atoms with Gasteiger partial charge >= 0.3 is 6.03 Å². The van der Waals surface area contributed by atoms with Crippen molar-refractivity contribution in [1.82, 2.24) is 10.2 Å². The van der Waals surface area contributed by atoms with Crippen LogP contribution in [0.25, 0.3) is 0 Å². The summed E-state index contributed by atoms with van der Waals surface area (Å²) >= 11 is 0. The lowest BCUT2D eigenvalue weighted by atomic mass is 10.2. The van der Waals surface area contributed by atoms with Crippen LogP contribution in [-0.4, -0.2) is 62.1 Å². The number of nitrogens with one attached hydrogen (secondary N) is 2. The molecule has 2 saturated heterocycles. The third kappa shape index (κ3) is 3.64. The minimum Gasteiger partial charge on any atom is -0.333 e. The van der Waals surface area contributed by atoms with E-state index in [1.165, 1.54) is 0 Å². The van der Waals surface area contributed by atoms with Crippen LogP contribution < -0.4 is 15.1 Å². The molecule has 0 aliphatic carbocycles. The number of carbonyl (C=O) groups is 2. The second kappa shape index (κ2) is 7.00. The van der Waals surface area contributed by atoms with Crippen LogP contribution in [0.1, 0.15) is 13.3 Å². The third-order valence-electron chi connectivity index (χ3n) is 4.78. The molecule has 1 aromatic rings. The highest BCUT2D eigenvalue weighted by atomic mass is 16.2. The molecular weight excluding hydrogens is 292 g/mol. The number of hydrogen-bond acceptors (Lipinski definition) is 2. The maximum Gasteiger partial charge on any atom is 0.318 e. The fourth-order valence-corrected chi connectivity index (χ4v) is 3.31. The van der Waals surface area contributed by atoms with Crippen molar-refractivity contribution < 1.29 is 14.5 Å².